The van der Waals surface area contributed by atoms with Gasteiger partial charge in [0.1, 0.15) is 0 Å². The van der Waals surface area contributed by atoms with E-state index in [1.165, 1.54) is 49.2 Å². The van der Waals surface area contributed by atoms with Crippen LogP contribution in [-0.4, -0.2) is 19.1 Å². The minimum atomic E-state index is 0.700. The van der Waals surface area contributed by atoms with Gasteiger partial charge in [-0.05, 0) is 71.3 Å². The predicted octanol–water partition coefficient (Wildman–Crippen LogP) is 14.5. The van der Waals surface area contributed by atoms with Gasteiger partial charge in [-0.15, -0.1) is 0 Å². The first-order valence-corrected chi connectivity index (χ1v) is 20.4. The third kappa shape index (κ3) is 5.46. The molecule has 280 valence electrons. The van der Waals surface area contributed by atoms with E-state index < -0.39 is 0 Å². The smallest absolute Gasteiger partial charge is 0.160 e. The van der Waals surface area contributed by atoms with Crippen molar-refractivity contribution in [2.24, 2.45) is 0 Å². The van der Waals surface area contributed by atoms with E-state index in [1.54, 1.807) is 0 Å². The molecule has 12 rings (SSSR count). The van der Waals surface area contributed by atoms with E-state index in [-0.39, 0.29) is 0 Å². The highest BCUT2D eigenvalue weighted by molar-refractivity contribution is 6.14. The standard InChI is InChI=1S/C56H36N4/c1-4-15-38(16-5-1)54-49-35-40(41-31-33-47-45-21-10-12-25-51(45)59(53(47)36-41)42-17-6-2-7-18-42)32-34-50(49)57-56(58-54)39-29-27-37(28-30-39)44-23-14-24-48-46-22-11-13-26-52(46)60(55(44)48)43-19-8-3-9-20-43/h1-36H. The van der Waals surface area contributed by atoms with E-state index in [2.05, 4.69) is 228 Å². The maximum Gasteiger partial charge on any atom is 0.160 e. The molecule has 4 heteroatoms. The van der Waals surface area contributed by atoms with Gasteiger partial charge in [-0.1, -0.05) is 164 Å². The lowest BCUT2D eigenvalue weighted by molar-refractivity contribution is 1.18. The van der Waals surface area contributed by atoms with Gasteiger partial charge in [0.2, 0.25) is 0 Å². The van der Waals surface area contributed by atoms with Gasteiger partial charge in [0.05, 0.1) is 33.3 Å². The molecule has 3 heterocycles. The average molecular weight is 765 g/mol. The van der Waals surface area contributed by atoms with E-state index in [4.69, 9.17) is 9.97 Å². The Hall–Kier alpha value is -8.08. The molecule has 0 aliphatic heterocycles. The van der Waals surface area contributed by atoms with Gasteiger partial charge in [-0.25, -0.2) is 9.97 Å². The highest BCUT2D eigenvalue weighted by Gasteiger charge is 2.18. The molecule has 0 bridgehead atoms. The second-order valence-corrected chi connectivity index (χ2v) is 15.4. The zero-order valence-corrected chi connectivity index (χ0v) is 32.6. The molecule has 0 aliphatic carbocycles. The van der Waals surface area contributed by atoms with E-state index >= 15 is 0 Å². The number of fused-ring (bicyclic) bond motifs is 7. The van der Waals surface area contributed by atoms with E-state index in [1.807, 2.05) is 0 Å². The minimum absolute atomic E-state index is 0.700. The fourth-order valence-corrected chi connectivity index (χ4v) is 9.15. The molecule has 0 saturated carbocycles. The maximum absolute atomic E-state index is 5.32. The summed E-state index contributed by atoms with van der Waals surface area (Å²) in [4.78, 5) is 10.5. The third-order valence-corrected chi connectivity index (χ3v) is 11.9. The van der Waals surface area contributed by atoms with Gasteiger partial charge in [0.15, 0.2) is 5.82 Å². The Kier molecular flexibility index (Phi) is 7.82. The van der Waals surface area contributed by atoms with Crippen molar-refractivity contribution in [1.82, 2.24) is 19.1 Å². The Morgan fingerprint density at radius 2 is 0.833 bits per heavy atom. The molecule has 12 aromatic rings. The molecular formula is C56H36N4. The first-order valence-electron chi connectivity index (χ1n) is 20.4. The molecular weight excluding hydrogens is 729 g/mol. The lowest BCUT2D eigenvalue weighted by Gasteiger charge is -2.13. The van der Waals surface area contributed by atoms with Crippen molar-refractivity contribution >= 4 is 54.5 Å². The topological polar surface area (TPSA) is 35.6 Å². The van der Waals surface area contributed by atoms with Crippen LogP contribution in [0.25, 0.3) is 111 Å². The third-order valence-electron chi connectivity index (χ3n) is 11.9. The van der Waals surface area contributed by atoms with E-state index in [0.717, 1.165) is 55.8 Å². The van der Waals surface area contributed by atoms with Crippen LogP contribution < -0.4 is 0 Å². The number of hydrogen-bond acceptors (Lipinski definition) is 2. The summed E-state index contributed by atoms with van der Waals surface area (Å²) in [5, 5.41) is 5.97. The van der Waals surface area contributed by atoms with Crippen LogP contribution >= 0.6 is 0 Å². The summed E-state index contributed by atoms with van der Waals surface area (Å²) in [6, 6.07) is 77.9. The summed E-state index contributed by atoms with van der Waals surface area (Å²) in [5.41, 5.74) is 15.5. The van der Waals surface area contributed by atoms with Crippen molar-refractivity contribution in [3.63, 3.8) is 0 Å². The second-order valence-electron chi connectivity index (χ2n) is 15.4. The number of rotatable bonds is 6. The largest absolute Gasteiger partial charge is 0.309 e. The van der Waals surface area contributed by atoms with Crippen molar-refractivity contribution < 1.29 is 0 Å². The Morgan fingerprint density at radius 1 is 0.300 bits per heavy atom. The molecule has 0 saturated heterocycles. The SMILES string of the molecule is c1ccc(-c2nc(-c3ccc(-c4cccc5c6ccccc6n(-c6ccccc6)c45)cc3)nc3ccc(-c4ccc5c6ccccc6n(-c6ccccc6)c5c4)cc23)cc1. The highest BCUT2D eigenvalue weighted by Crippen LogP contribution is 2.40. The molecule has 0 spiro atoms. The van der Waals surface area contributed by atoms with Crippen LogP contribution in [0.5, 0.6) is 0 Å². The van der Waals surface area contributed by atoms with Crippen LogP contribution in [0.2, 0.25) is 0 Å². The zero-order valence-electron chi connectivity index (χ0n) is 32.6. The Bertz CT molecular complexity index is 3570. The minimum Gasteiger partial charge on any atom is -0.309 e. The first-order chi connectivity index (χ1) is 29.8. The van der Waals surface area contributed by atoms with Crippen molar-refractivity contribution in [3.05, 3.63) is 218 Å². The zero-order chi connectivity index (χ0) is 39.6. The molecule has 0 N–H and O–H groups in total. The van der Waals surface area contributed by atoms with Gasteiger partial charge in [0.25, 0.3) is 0 Å². The van der Waals surface area contributed by atoms with E-state index in [0.29, 0.717) is 5.82 Å². The van der Waals surface area contributed by atoms with E-state index in [9.17, 15) is 0 Å². The molecule has 0 radical (unpaired) electrons. The van der Waals surface area contributed by atoms with Crippen LogP contribution in [0.15, 0.2) is 218 Å². The van der Waals surface area contributed by atoms with Crippen LogP contribution in [0.3, 0.4) is 0 Å². The molecule has 0 unspecified atom stereocenters. The average Bonchev–Trinajstić information content (AvgIpc) is 3.85. The lowest BCUT2D eigenvalue weighted by Crippen LogP contribution is -1.96. The Balaban J connectivity index is 0.979. The normalized spacial score (nSPS) is 11.7. The Morgan fingerprint density at radius 3 is 1.57 bits per heavy atom. The molecule has 0 aliphatic rings. The number of benzene rings is 9. The van der Waals surface area contributed by atoms with Crippen LogP contribution in [0, 0.1) is 0 Å². The molecule has 60 heavy (non-hydrogen) atoms. The summed E-state index contributed by atoms with van der Waals surface area (Å²) in [6.45, 7) is 0. The van der Waals surface area contributed by atoms with Gasteiger partial charge in [0, 0.05) is 55.0 Å². The van der Waals surface area contributed by atoms with Gasteiger partial charge in [-0.2, -0.15) is 0 Å². The first kappa shape index (κ1) is 34.0. The number of hydrogen-bond donors (Lipinski definition) is 0. The number of para-hydroxylation sites is 5. The lowest BCUT2D eigenvalue weighted by atomic mass is 9.98. The number of aromatic nitrogens is 4. The summed E-state index contributed by atoms with van der Waals surface area (Å²) < 4.78 is 4.76. The van der Waals surface area contributed by atoms with Gasteiger partial charge in [-0.3, -0.25) is 0 Å². The summed E-state index contributed by atoms with van der Waals surface area (Å²) >= 11 is 0. The molecule has 4 nitrogen and oxygen atoms in total. The van der Waals surface area contributed by atoms with Gasteiger partial charge < -0.3 is 9.13 Å². The van der Waals surface area contributed by atoms with Crippen LogP contribution in [0.1, 0.15) is 0 Å². The molecule has 0 fully saturated rings. The van der Waals surface area contributed by atoms with Crippen molar-refractivity contribution in [1.29, 1.82) is 0 Å². The monoisotopic (exact) mass is 764 g/mol. The fourth-order valence-electron chi connectivity index (χ4n) is 9.15. The van der Waals surface area contributed by atoms with Crippen molar-refractivity contribution in [3.8, 4) is 56.3 Å². The molecule has 0 atom stereocenters. The summed E-state index contributed by atoms with van der Waals surface area (Å²) in [7, 11) is 0. The van der Waals surface area contributed by atoms with Crippen molar-refractivity contribution in [2.45, 2.75) is 0 Å². The van der Waals surface area contributed by atoms with Gasteiger partial charge >= 0.3 is 0 Å². The maximum atomic E-state index is 5.32. The highest BCUT2D eigenvalue weighted by atomic mass is 15.0. The van der Waals surface area contributed by atoms with Crippen LogP contribution in [0.4, 0.5) is 0 Å². The Labute approximate surface area is 346 Å². The predicted molar refractivity (Wildman–Crippen MR) is 250 cm³/mol. The molecule has 9 aromatic carbocycles. The van der Waals surface area contributed by atoms with Crippen molar-refractivity contribution in [2.75, 3.05) is 0 Å². The fraction of sp³-hybridized carbons (Fsp3) is 0. The van der Waals surface area contributed by atoms with Crippen LogP contribution in [-0.2, 0) is 0 Å². The summed E-state index contributed by atoms with van der Waals surface area (Å²) in [5.74, 6) is 0.700. The summed E-state index contributed by atoms with van der Waals surface area (Å²) in [6.07, 6.45) is 0. The quantitative estimate of drug-likeness (QED) is 0.169. The second kappa shape index (κ2) is 13.8. The molecule has 0 amide bonds. The molecule has 3 aromatic heterocycles. The number of nitrogens with zero attached hydrogens (tertiary/aromatic N) is 4.